The van der Waals surface area contributed by atoms with Crippen molar-refractivity contribution in [2.75, 3.05) is 14.2 Å². The third-order valence-electron chi connectivity index (χ3n) is 6.08. The van der Waals surface area contributed by atoms with Gasteiger partial charge in [-0.1, -0.05) is 24.3 Å². The third-order valence-corrected chi connectivity index (χ3v) is 6.08. The van der Waals surface area contributed by atoms with E-state index in [2.05, 4.69) is 0 Å². The van der Waals surface area contributed by atoms with Gasteiger partial charge < -0.3 is 24.1 Å². The minimum absolute atomic E-state index is 0.221. The van der Waals surface area contributed by atoms with Crippen LogP contribution in [0, 0.1) is 0 Å². The van der Waals surface area contributed by atoms with Gasteiger partial charge in [-0.15, -0.1) is 0 Å². The number of carboxylic acid groups (broad SMARTS) is 1. The highest BCUT2D eigenvalue weighted by molar-refractivity contribution is 5.83. The lowest BCUT2D eigenvalue weighted by atomic mass is 9.76. The van der Waals surface area contributed by atoms with E-state index in [0.717, 1.165) is 11.1 Å². The van der Waals surface area contributed by atoms with Crippen LogP contribution >= 0.6 is 0 Å². The van der Waals surface area contributed by atoms with Gasteiger partial charge in [0.15, 0.2) is 11.8 Å². The van der Waals surface area contributed by atoms with E-state index < -0.39 is 35.5 Å². The fourth-order valence-corrected chi connectivity index (χ4v) is 4.65. The largest absolute Gasteiger partial charge is 0.497 e. The molecule has 0 aromatic heterocycles. The molecule has 0 radical (unpaired) electrons. The van der Waals surface area contributed by atoms with Crippen molar-refractivity contribution in [3.05, 3.63) is 59.2 Å². The number of aliphatic carboxylic acids is 1. The van der Waals surface area contributed by atoms with Crippen LogP contribution in [0.3, 0.4) is 0 Å². The number of amides is 1. The van der Waals surface area contributed by atoms with Crippen LogP contribution in [0.25, 0.3) is 0 Å². The van der Waals surface area contributed by atoms with E-state index in [1.807, 2.05) is 24.3 Å². The molecule has 2 aromatic rings. The molecule has 1 saturated heterocycles. The Morgan fingerprint density at radius 2 is 1.82 bits per heavy atom. The second-order valence-corrected chi connectivity index (χ2v) is 9.26. The maximum Gasteiger partial charge on any atom is 0.413 e. The van der Waals surface area contributed by atoms with Crippen molar-refractivity contribution in [2.45, 2.75) is 57.1 Å². The number of hydrogen-bond donors (Lipinski definition) is 1. The quantitative estimate of drug-likeness (QED) is 0.726. The predicted molar refractivity (Wildman–Crippen MR) is 119 cm³/mol. The van der Waals surface area contributed by atoms with Crippen LogP contribution in [-0.2, 0) is 20.7 Å². The van der Waals surface area contributed by atoms with Gasteiger partial charge in [0.2, 0.25) is 0 Å². The van der Waals surface area contributed by atoms with Gasteiger partial charge in [-0.05, 0) is 56.9 Å². The molecule has 1 aliphatic carbocycles. The molecular formula is C25H29NO7. The Hall–Kier alpha value is -3.26. The summed E-state index contributed by atoms with van der Waals surface area (Å²) in [7, 11) is 3.04. The van der Waals surface area contributed by atoms with Gasteiger partial charge in [-0.25, -0.2) is 9.59 Å². The molecule has 4 rings (SSSR count). The number of nitrogens with zero attached hydrogens (tertiary/aromatic N) is 1. The molecule has 1 fully saturated rings. The van der Waals surface area contributed by atoms with Gasteiger partial charge in [0.1, 0.15) is 23.1 Å². The van der Waals surface area contributed by atoms with Gasteiger partial charge in [0, 0.05) is 11.6 Å². The first-order valence-electron chi connectivity index (χ1n) is 10.8. The molecular weight excluding hydrogens is 426 g/mol. The Labute approximate surface area is 193 Å². The lowest BCUT2D eigenvalue weighted by Crippen LogP contribution is -2.50. The number of ether oxygens (including phenoxy) is 4. The molecule has 1 aliphatic heterocycles. The van der Waals surface area contributed by atoms with Crippen LogP contribution in [-0.4, -0.2) is 47.5 Å². The number of benzene rings is 2. The lowest BCUT2D eigenvalue weighted by molar-refractivity contribution is -0.168. The van der Waals surface area contributed by atoms with Crippen molar-refractivity contribution in [1.29, 1.82) is 0 Å². The van der Waals surface area contributed by atoms with Gasteiger partial charge in [0.05, 0.1) is 14.2 Å². The molecule has 0 bridgehead atoms. The highest BCUT2D eigenvalue weighted by Crippen LogP contribution is 2.56. The lowest BCUT2D eigenvalue weighted by Gasteiger charge is -2.38. The second-order valence-electron chi connectivity index (χ2n) is 9.26. The molecule has 1 N–H and O–H groups in total. The Morgan fingerprint density at radius 1 is 1.09 bits per heavy atom. The maximum atomic E-state index is 13.6. The van der Waals surface area contributed by atoms with E-state index in [1.54, 1.807) is 46.1 Å². The first-order chi connectivity index (χ1) is 15.6. The number of fused-ring (bicyclic) bond motifs is 3. The van der Waals surface area contributed by atoms with Crippen LogP contribution in [0.2, 0.25) is 0 Å². The summed E-state index contributed by atoms with van der Waals surface area (Å²) in [5.41, 5.74) is -0.169. The SMILES string of the molecule is COc1ccc(C2O[C@]3(C(=O)O)CCc4ccccc4[C@@H]3N2C(=O)OC(C)(C)C)c(OC)c1. The van der Waals surface area contributed by atoms with Crippen molar-refractivity contribution in [1.82, 2.24) is 4.90 Å². The van der Waals surface area contributed by atoms with E-state index >= 15 is 0 Å². The minimum Gasteiger partial charge on any atom is -0.497 e. The number of carbonyl (C=O) groups excluding carboxylic acids is 1. The normalized spacial score (nSPS) is 24.0. The van der Waals surface area contributed by atoms with Gasteiger partial charge in [-0.3, -0.25) is 4.90 Å². The minimum atomic E-state index is -1.62. The van der Waals surface area contributed by atoms with Crippen molar-refractivity contribution in [3.63, 3.8) is 0 Å². The molecule has 1 heterocycles. The van der Waals surface area contributed by atoms with Crippen molar-refractivity contribution < 1.29 is 33.6 Å². The molecule has 1 unspecified atom stereocenters. The van der Waals surface area contributed by atoms with Crippen molar-refractivity contribution in [2.24, 2.45) is 0 Å². The first-order valence-corrected chi connectivity index (χ1v) is 10.8. The second kappa shape index (κ2) is 8.26. The van der Waals surface area contributed by atoms with Crippen LogP contribution < -0.4 is 9.47 Å². The topological polar surface area (TPSA) is 94.5 Å². The zero-order chi connectivity index (χ0) is 24.0. The molecule has 0 saturated carbocycles. The van der Waals surface area contributed by atoms with E-state index in [0.29, 0.717) is 23.5 Å². The summed E-state index contributed by atoms with van der Waals surface area (Å²) in [5.74, 6) is -0.140. The zero-order valence-corrected chi connectivity index (χ0v) is 19.5. The molecule has 33 heavy (non-hydrogen) atoms. The predicted octanol–water partition coefficient (Wildman–Crippen LogP) is 4.48. The molecule has 176 valence electrons. The Kier molecular flexibility index (Phi) is 5.74. The fourth-order valence-electron chi connectivity index (χ4n) is 4.65. The molecule has 2 aliphatic rings. The Balaban J connectivity index is 1.92. The number of aryl methyl sites for hydroxylation is 1. The van der Waals surface area contributed by atoms with Crippen LogP contribution in [0.5, 0.6) is 11.5 Å². The fraction of sp³-hybridized carbons (Fsp3) is 0.440. The summed E-state index contributed by atoms with van der Waals surface area (Å²) in [6.07, 6.45) is -0.950. The number of carbonyl (C=O) groups is 2. The van der Waals surface area contributed by atoms with Crippen molar-refractivity contribution in [3.8, 4) is 11.5 Å². The summed E-state index contributed by atoms with van der Waals surface area (Å²) in [4.78, 5) is 27.7. The van der Waals surface area contributed by atoms with Gasteiger partial charge in [-0.2, -0.15) is 0 Å². The number of carboxylic acids is 1. The van der Waals surface area contributed by atoms with E-state index in [-0.39, 0.29) is 6.42 Å². The van der Waals surface area contributed by atoms with Crippen LogP contribution in [0.15, 0.2) is 42.5 Å². The van der Waals surface area contributed by atoms with Crippen molar-refractivity contribution >= 4 is 12.1 Å². The summed E-state index contributed by atoms with van der Waals surface area (Å²) in [6.45, 7) is 5.30. The molecule has 8 heteroatoms. The molecule has 2 aromatic carbocycles. The molecule has 3 atom stereocenters. The average Bonchev–Trinajstić information content (AvgIpc) is 3.14. The summed E-state index contributed by atoms with van der Waals surface area (Å²) in [6, 6.07) is 11.8. The summed E-state index contributed by atoms with van der Waals surface area (Å²) < 4.78 is 22.9. The van der Waals surface area contributed by atoms with Crippen LogP contribution in [0.4, 0.5) is 4.79 Å². The number of hydrogen-bond acceptors (Lipinski definition) is 6. The third kappa shape index (κ3) is 3.88. The van der Waals surface area contributed by atoms with Gasteiger partial charge >= 0.3 is 12.1 Å². The van der Waals surface area contributed by atoms with Crippen LogP contribution in [0.1, 0.15) is 56.2 Å². The zero-order valence-electron chi connectivity index (χ0n) is 19.5. The maximum absolute atomic E-state index is 13.6. The summed E-state index contributed by atoms with van der Waals surface area (Å²) >= 11 is 0. The van der Waals surface area contributed by atoms with Gasteiger partial charge in [0.25, 0.3) is 0 Å². The number of methoxy groups -OCH3 is 2. The molecule has 8 nitrogen and oxygen atoms in total. The monoisotopic (exact) mass is 455 g/mol. The molecule has 0 spiro atoms. The summed E-state index contributed by atoms with van der Waals surface area (Å²) in [5, 5.41) is 10.4. The highest BCUT2D eigenvalue weighted by atomic mass is 16.6. The smallest absolute Gasteiger partial charge is 0.413 e. The first kappa shape index (κ1) is 22.9. The van der Waals surface area contributed by atoms with E-state index in [1.165, 1.54) is 12.0 Å². The Morgan fingerprint density at radius 3 is 2.45 bits per heavy atom. The van der Waals surface area contributed by atoms with E-state index in [9.17, 15) is 14.7 Å². The average molecular weight is 456 g/mol. The standard InChI is InChI=1S/C25H29NO7/c1-24(2,3)33-23(29)26-20-17-9-7-6-8-15(17)12-13-25(20,22(27)28)32-21(26)18-11-10-16(30-4)14-19(18)31-5/h6-11,14,20-21H,12-13H2,1-5H3,(H,27,28)/t20-,21?,25+/m0/s1. The number of rotatable bonds is 4. The highest BCUT2D eigenvalue weighted by Gasteiger charge is 2.63. The van der Waals surface area contributed by atoms with E-state index in [4.69, 9.17) is 18.9 Å². The molecule has 1 amide bonds. The Bertz CT molecular complexity index is 1080.